The smallest absolute Gasteiger partial charge is 0.323 e. The average Bonchev–Trinajstić information content (AvgIpc) is 3.09. The van der Waals surface area contributed by atoms with Gasteiger partial charge < -0.3 is 10.0 Å². The van der Waals surface area contributed by atoms with Gasteiger partial charge in [0.1, 0.15) is 6.54 Å². The molecular formula is C17H22N4O5S. The molecular weight excluding hydrogens is 372 g/mol. The Hall–Kier alpha value is -2.46. The van der Waals surface area contributed by atoms with Crippen molar-refractivity contribution in [2.24, 2.45) is 0 Å². The number of pyridine rings is 1. The van der Waals surface area contributed by atoms with Crippen LogP contribution < -0.4 is 0 Å². The van der Waals surface area contributed by atoms with Crippen LogP contribution in [0.2, 0.25) is 0 Å². The van der Waals surface area contributed by atoms with Gasteiger partial charge >= 0.3 is 5.97 Å². The number of amides is 1. The first-order valence-electron chi connectivity index (χ1n) is 8.76. The second-order valence-corrected chi connectivity index (χ2v) is 8.70. The van der Waals surface area contributed by atoms with Crippen molar-refractivity contribution in [1.82, 2.24) is 18.8 Å². The first-order chi connectivity index (χ1) is 12.8. The summed E-state index contributed by atoms with van der Waals surface area (Å²) in [4.78, 5) is 25.7. The summed E-state index contributed by atoms with van der Waals surface area (Å²) in [6.45, 7) is 1.71. The number of aromatic nitrogens is 2. The zero-order valence-electron chi connectivity index (χ0n) is 15.0. The molecule has 1 fully saturated rings. The number of piperidine rings is 1. The van der Waals surface area contributed by atoms with Crippen molar-refractivity contribution in [1.29, 1.82) is 0 Å². The maximum Gasteiger partial charge on any atom is 0.323 e. The largest absolute Gasteiger partial charge is 0.480 e. The molecule has 146 valence electrons. The molecule has 0 bridgehead atoms. The van der Waals surface area contributed by atoms with Crippen molar-refractivity contribution in [2.45, 2.75) is 25.8 Å². The second kappa shape index (κ2) is 7.65. The van der Waals surface area contributed by atoms with Gasteiger partial charge in [0.05, 0.1) is 23.0 Å². The van der Waals surface area contributed by atoms with Gasteiger partial charge in [-0.3, -0.25) is 9.59 Å². The summed E-state index contributed by atoms with van der Waals surface area (Å²) in [6.07, 6.45) is 3.94. The summed E-state index contributed by atoms with van der Waals surface area (Å²) in [7, 11) is -3.29. The van der Waals surface area contributed by atoms with Gasteiger partial charge in [-0.2, -0.15) is 5.10 Å². The number of hydrogen-bond acceptors (Lipinski definition) is 5. The van der Waals surface area contributed by atoms with Crippen LogP contribution in [0, 0.1) is 0 Å². The lowest BCUT2D eigenvalue weighted by atomic mass is 10.0. The van der Waals surface area contributed by atoms with Crippen LogP contribution in [-0.2, 0) is 14.8 Å². The van der Waals surface area contributed by atoms with E-state index in [2.05, 4.69) is 5.10 Å². The number of fused-ring (bicyclic) bond motifs is 1. The third-order valence-electron chi connectivity index (χ3n) is 4.85. The van der Waals surface area contributed by atoms with Crippen LogP contribution in [-0.4, -0.2) is 75.6 Å². The third kappa shape index (κ3) is 3.96. The van der Waals surface area contributed by atoms with Gasteiger partial charge in [0.15, 0.2) is 0 Å². The Morgan fingerprint density at radius 3 is 2.63 bits per heavy atom. The van der Waals surface area contributed by atoms with Gasteiger partial charge in [-0.1, -0.05) is 6.07 Å². The molecule has 0 atom stereocenters. The second-order valence-electron chi connectivity index (χ2n) is 6.45. The highest BCUT2D eigenvalue weighted by molar-refractivity contribution is 7.89. The predicted octanol–water partition coefficient (Wildman–Crippen LogP) is 0.675. The Labute approximate surface area is 157 Å². The Bertz CT molecular complexity index is 947. The highest BCUT2D eigenvalue weighted by atomic mass is 32.2. The van der Waals surface area contributed by atoms with Crippen LogP contribution in [0.1, 0.15) is 30.1 Å². The van der Waals surface area contributed by atoms with E-state index in [4.69, 9.17) is 0 Å². The number of hydrogen-bond donors (Lipinski definition) is 1. The molecule has 1 amide bonds. The maximum atomic E-state index is 13.1. The van der Waals surface area contributed by atoms with Crippen LogP contribution in [0.5, 0.6) is 0 Å². The van der Waals surface area contributed by atoms with Crippen molar-refractivity contribution in [2.75, 3.05) is 25.4 Å². The van der Waals surface area contributed by atoms with Crippen molar-refractivity contribution >= 4 is 27.4 Å². The minimum absolute atomic E-state index is 0.0256. The molecule has 0 spiro atoms. The van der Waals surface area contributed by atoms with Crippen LogP contribution in [0.15, 0.2) is 30.6 Å². The average molecular weight is 394 g/mol. The number of carboxylic acids is 1. The SMILES string of the molecule is CCS(=O)(=O)N1CCC(N(CC(=O)O)C(=O)c2cnn3ccccc23)CC1. The molecule has 27 heavy (non-hydrogen) atoms. The number of nitrogens with zero attached hydrogens (tertiary/aromatic N) is 4. The molecule has 1 aliphatic heterocycles. The van der Waals surface area contributed by atoms with E-state index in [0.717, 1.165) is 0 Å². The van der Waals surface area contributed by atoms with E-state index in [1.807, 2.05) is 0 Å². The van der Waals surface area contributed by atoms with Gasteiger partial charge in [0.25, 0.3) is 5.91 Å². The molecule has 0 unspecified atom stereocenters. The molecule has 0 radical (unpaired) electrons. The molecule has 3 heterocycles. The first-order valence-corrected chi connectivity index (χ1v) is 10.4. The summed E-state index contributed by atoms with van der Waals surface area (Å²) in [5, 5.41) is 13.4. The topological polar surface area (TPSA) is 112 Å². The van der Waals surface area contributed by atoms with E-state index < -0.39 is 28.4 Å². The standard InChI is InChI=1S/C17H22N4O5S/c1-2-27(25,26)19-9-6-13(7-10-19)20(12-16(22)23)17(24)14-11-18-21-8-4-3-5-15(14)21/h3-5,8,11,13H,2,6-7,9-10,12H2,1H3,(H,22,23). The molecule has 0 aliphatic carbocycles. The lowest BCUT2D eigenvalue weighted by Crippen LogP contribution is -2.50. The minimum atomic E-state index is -3.29. The van der Waals surface area contributed by atoms with Crippen LogP contribution in [0.4, 0.5) is 0 Å². The predicted molar refractivity (Wildman–Crippen MR) is 97.9 cm³/mol. The van der Waals surface area contributed by atoms with Crippen molar-refractivity contribution in [3.8, 4) is 0 Å². The van der Waals surface area contributed by atoms with E-state index in [0.29, 0.717) is 23.9 Å². The number of aliphatic carboxylic acids is 1. The fourth-order valence-corrected chi connectivity index (χ4v) is 4.51. The maximum absolute atomic E-state index is 13.1. The summed E-state index contributed by atoms with van der Waals surface area (Å²) in [5.74, 6) is -1.49. The molecule has 2 aromatic heterocycles. The fourth-order valence-electron chi connectivity index (χ4n) is 3.38. The van der Waals surface area contributed by atoms with Gasteiger partial charge in [-0.25, -0.2) is 17.2 Å². The molecule has 0 aromatic carbocycles. The summed E-state index contributed by atoms with van der Waals surface area (Å²) in [6, 6.07) is 4.97. The first kappa shape index (κ1) is 19.3. The molecule has 3 rings (SSSR count). The van der Waals surface area contributed by atoms with Crippen molar-refractivity contribution in [3.63, 3.8) is 0 Å². The molecule has 2 aromatic rings. The highest BCUT2D eigenvalue weighted by Crippen LogP contribution is 2.22. The van der Waals surface area contributed by atoms with E-state index in [1.165, 1.54) is 15.4 Å². The van der Waals surface area contributed by atoms with E-state index >= 15 is 0 Å². The lowest BCUT2D eigenvalue weighted by Gasteiger charge is -2.37. The van der Waals surface area contributed by atoms with Gasteiger partial charge in [0, 0.05) is 25.3 Å². The monoisotopic (exact) mass is 394 g/mol. The Morgan fingerprint density at radius 2 is 2.00 bits per heavy atom. The Balaban J connectivity index is 1.82. The third-order valence-corrected chi connectivity index (χ3v) is 6.73. The van der Waals surface area contributed by atoms with Gasteiger partial charge in [-0.05, 0) is 31.9 Å². The van der Waals surface area contributed by atoms with Crippen LogP contribution in [0.25, 0.3) is 5.52 Å². The molecule has 0 saturated carbocycles. The van der Waals surface area contributed by atoms with Crippen molar-refractivity contribution in [3.05, 3.63) is 36.2 Å². The normalized spacial score (nSPS) is 16.5. The van der Waals surface area contributed by atoms with Gasteiger partial charge in [-0.15, -0.1) is 0 Å². The number of carboxylic acid groups (broad SMARTS) is 1. The number of sulfonamides is 1. The van der Waals surface area contributed by atoms with Gasteiger partial charge in [0.2, 0.25) is 10.0 Å². The van der Waals surface area contributed by atoms with Crippen LogP contribution >= 0.6 is 0 Å². The van der Waals surface area contributed by atoms with E-state index in [9.17, 15) is 23.1 Å². The number of carbonyl (C=O) groups is 2. The molecule has 10 heteroatoms. The van der Waals surface area contributed by atoms with E-state index in [-0.39, 0.29) is 24.9 Å². The molecule has 1 N–H and O–H groups in total. The Morgan fingerprint density at radius 1 is 1.30 bits per heavy atom. The highest BCUT2D eigenvalue weighted by Gasteiger charge is 2.34. The minimum Gasteiger partial charge on any atom is -0.480 e. The molecule has 9 nitrogen and oxygen atoms in total. The Kier molecular flexibility index (Phi) is 5.47. The molecule has 1 aliphatic rings. The fraction of sp³-hybridized carbons (Fsp3) is 0.471. The summed E-state index contributed by atoms with van der Waals surface area (Å²) >= 11 is 0. The van der Waals surface area contributed by atoms with Crippen molar-refractivity contribution < 1.29 is 23.1 Å². The van der Waals surface area contributed by atoms with E-state index in [1.54, 1.807) is 35.8 Å². The van der Waals surface area contributed by atoms with Crippen LogP contribution in [0.3, 0.4) is 0 Å². The number of rotatable bonds is 6. The zero-order chi connectivity index (χ0) is 19.6. The zero-order valence-corrected chi connectivity index (χ0v) is 15.8. The number of carbonyl (C=O) groups excluding carboxylic acids is 1. The summed E-state index contributed by atoms with van der Waals surface area (Å²) < 4.78 is 27.0. The quantitative estimate of drug-likeness (QED) is 0.771. The molecule has 1 saturated heterocycles. The lowest BCUT2D eigenvalue weighted by molar-refractivity contribution is -0.138. The summed E-state index contributed by atoms with van der Waals surface area (Å²) in [5.41, 5.74) is 0.935.